The van der Waals surface area contributed by atoms with Crippen LogP contribution in [0.5, 0.6) is 0 Å². The number of nitrogen functional groups attached to an aromatic ring is 1. The Hall–Kier alpha value is -1.28. The second-order valence-electron chi connectivity index (χ2n) is 5.35. The molecule has 0 saturated heterocycles. The fraction of sp³-hybridized carbons (Fsp3) is 0.444. The summed E-state index contributed by atoms with van der Waals surface area (Å²) in [4.78, 5) is 1.36. The van der Waals surface area contributed by atoms with Crippen LogP contribution in [0.3, 0.4) is 0 Å². The second kappa shape index (κ2) is 7.49. The summed E-state index contributed by atoms with van der Waals surface area (Å²) in [5.41, 5.74) is 10.0. The molecule has 1 heterocycles. The molecular weight excluding hydrogens is 262 g/mol. The predicted octanol–water partition coefficient (Wildman–Crippen LogP) is 5.68. The van der Waals surface area contributed by atoms with Crippen LogP contribution in [0.2, 0.25) is 0 Å². The first-order valence-corrected chi connectivity index (χ1v) is 8.53. The lowest BCUT2D eigenvalue weighted by atomic mass is 10.0. The summed E-state index contributed by atoms with van der Waals surface area (Å²) in [5, 5.41) is 0.942. The quantitative estimate of drug-likeness (QED) is 0.651. The van der Waals surface area contributed by atoms with Crippen molar-refractivity contribution in [1.82, 2.24) is 0 Å². The van der Waals surface area contributed by atoms with E-state index in [0.717, 1.165) is 11.4 Å². The highest BCUT2D eigenvalue weighted by atomic mass is 32.1. The molecule has 108 valence electrons. The van der Waals surface area contributed by atoms with Crippen molar-refractivity contribution in [3.63, 3.8) is 0 Å². The van der Waals surface area contributed by atoms with Gasteiger partial charge in [-0.05, 0) is 36.5 Å². The Bertz CT molecular complexity index is 525. The number of nitrogens with two attached hydrogens (primary N) is 1. The summed E-state index contributed by atoms with van der Waals surface area (Å²) >= 11 is 1.71. The summed E-state index contributed by atoms with van der Waals surface area (Å²) in [6.45, 7) is 4.43. The van der Waals surface area contributed by atoms with E-state index < -0.39 is 0 Å². The van der Waals surface area contributed by atoms with Gasteiger partial charge in [0.05, 0.1) is 5.00 Å². The third-order valence-electron chi connectivity index (χ3n) is 3.74. The van der Waals surface area contributed by atoms with Crippen molar-refractivity contribution < 1.29 is 0 Å². The molecule has 0 aliphatic carbocycles. The lowest BCUT2D eigenvalue weighted by Crippen LogP contribution is -1.87. The molecule has 0 amide bonds. The molecule has 0 unspecified atom stereocenters. The van der Waals surface area contributed by atoms with Crippen molar-refractivity contribution in [3.8, 4) is 11.1 Å². The van der Waals surface area contributed by atoms with Gasteiger partial charge in [-0.25, -0.2) is 0 Å². The van der Waals surface area contributed by atoms with E-state index in [1.807, 2.05) is 0 Å². The highest BCUT2D eigenvalue weighted by Gasteiger charge is 2.07. The summed E-state index contributed by atoms with van der Waals surface area (Å²) in [7, 11) is 0. The number of hydrogen-bond acceptors (Lipinski definition) is 2. The monoisotopic (exact) mass is 287 g/mol. The topological polar surface area (TPSA) is 26.0 Å². The molecule has 0 aliphatic heterocycles. The van der Waals surface area contributed by atoms with Crippen LogP contribution in [0.1, 0.15) is 50.0 Å². The van der Waals surface area contributed by atoms with Crippen molar-refractivity contribution >= 4 is 16.3 Å². The number of aryl methyl sites for hydroxylation is 2. The summed E-state index contributed by atoms with van der Waals surface area (Å²) < 4.78 is 0. The Kier molecular flexibility index (Phi) is 5.66. The van der Waals surface area contributed by atoms with Crippen molar-refractivity contribution in [3.05, 3.63) is 40.8 Å². The molecule has 0 spiro atoms. The zero-order valence-electron chi connectivity index (χ0n) is 12.6. The zero-order valence-corrected chi connectivity index (χ0v) is 13.4. The van der Waals surface area contributed by atoms with Gasteiger partial charge in [0, 0.05) is 10.4 Å². The Morgan fingerprint density at radius 2 is 1.75 bits per heavy atom. The third kappa shape index (κ3) is 3.86. The van der Waals surface area contributed by atoms with Crippen LogP contribution in [-0.4, -0.2) is 0 Å². The maximum Gasteiger partial charge on any atom is 0.0938 e. The molecule has 1 nitrogen and oxygen atoms in total. The van der Waals surface area contributed by atoms with Gasteiger partial charge in [0.1, 0.15) is 0 Å². The number of hydrogen-bond donors (Lipinski definition) is 1. The average Bonchev–Trinajstić information content (AvgIpc) is 2.85. The van der Waals surface area contributed by atoms with E-state index in [-0.39, 0.29) is 0 Å². The van der Waals surface area contributed by atoms with Crippen LogP contribution >= 0.6 is 11.3 Å². The molecule has 0 bridgehead atoms. The maximum absolute atomic E-state index is 6.12. The van der Waals surface area contributed by atoms with Crippen LogP contribution in [0.15, 0.2) is 30.3 Å². The van der Waals surface area contributed by atoms with Crippen LogP contribution < -0.4 is 5.73 Å². The Morgan fingerprint density at radius 1 is 1.00 bits per heavy atom. The fourth-order valence-electron chi connectivity index (χ4n) is 2.46. The van der Waals surface area contributed by atoms with Gasteiger partial charge in [-0.1, -0.05) is 57.4 Å². The molecule has 1 aromatic carbocycles. The van der Waals surface area contributed by atoms with E-state index in [1.54, 1.807) is 11.3 Å². The number of benzene rings is 1. The summed E-state index contributed by atoms with van der Waals surface area (Å²) in [6, 6.07) is 11.2. The predicted molar refractivity (Wildman–Crippen MR) is 91.4 cm³/mol. The van der Waals surface area contributed by atoms with Gasteiger partial charge < -0.3 is 5.73 Å². The Labute approximate surface area is 126 Å². The normalized spacial score (nSPS) is 10.9. The Morgan fingerprint density at radius 3 is 2.35 bits per heavy atom. The Balaban J connectivity index is 2.02. The molecule has 0 atom stereocenters. The molecule has 20 heavy (non-hydrogen) atoms. The van der Waals surface area contributed by atoms with Crippen LogP contribution in [-0.2, 0) is 12.8 Å². The van der Waals surface area contributed by atoms with E-state index in [9.17, 15) is 0 Å². The van der Waals surface area contributed by atoms with E-state index >= 15 is 0 Å². The van der Waals surface area contributed by atoms with Crippen LogP contribution in [0.4, 0.5) is 5.00 Å². The standard InChI is InChI=1S/C18H25NS/c1-3-5-6-7-8-14-9-11-15(12-10-14)17-13-16(4-2)20-18(17)19/h9-13H,3-8,19H2,1-2H3. The zero-order chi connectivity index (χ0) is 14.4. The molecule has 1 aromatic heterocycles. The van der Waals surface area contributed by atoms with E-state index in [4.69, 9.17) is 5.73 Å². The van der Waals surface area contributed by atoms with Gasteiger partial charge in [0.2, 0.25) is 0 Å². The minimum absolute atomic E-state index is 0.942. The van der Waals surface area contributed by atoms with Crippen molar-refractivity contribution in [1.29, 1.82) is 0 Å². The molecule has 2 rings (SSSR count). The molecule has 2 N–H and O–H groups in total. The molecule has 0 radical (unpaired) electrons. The molecule has 0 fully saturated rings. The van der Waals surface area contributed by atoms with Gasteiger partial charge in [-0.3, -0.25) is 0 Å². The first kappa shape index (κ1) is 15.1. The average molecular weight is 287 g/mol. The van der Waals surface area contributed by atoms with Gasteiger partial charge in [0.15, 0.2) is 0 Å². The number of unbranched alkanes of at least 4 members (excludes halogenated alkanes) is 3. The molecule has 2 heteroatoms. The largest absolute Gasteiger partial charge is 0.390 e. The third-order valence-corrected chi connectivity index (χ3v) is 4.85. The second-order valence-corrected chi connectivity index (χ2v) is 6.52. The highest BCUT2D eigenvalue weighted by Crippen LogP contribution is 2.34. The number of rotatable bonds is 7. The van der Waals surface area contributed by atoms with Gasteiger partial charge in [-0.15, -0.1) is 11.3 Å². The maximum atomic E-state index is 6.12. The minimum atomic E-state index is 0.942. The molecule has 0 aliphatic rings. The first-order valence-electron chi connectivity index (χ1n) is 7.72. The summed E-state index contributed by atoms with van der Waals surface area (Å²) in [6.07, 6.45) is 7.55. The lowest BCUT2D eigenvalue weighted by molar-refractivity contribution is 0.667. The molecule has 0 saturated carbocycles. The van der Waals surface area contributed by atoms with Gasteiger partial charge >= 0.3 is 0 Å². The lowest BCUT2D eigenvalue weighted by Gasteiger charge is -2.04. The van der Waals surface area contributed by atoms with E-state index in [0.29, 0.717) is 0 Å². The van der Waals surface area contributed by atoms with E-state index in [1.165, 1.54) is 53.7 Å². The molecular formula is C18H25NS. The first-order chi connectivity index (χ1) is 9.74. The smallest absolute Gasteiger partial charge is 0.0938 e. The van der Waals surface area contributed by atoms with Crippen molar-refractivity contribution in [2.24, 2.45) is 0 Å². The number of anilines is 1. The van der Waals surface area contributed by atoms with E-state index in [2.05, 4.69) is 44.2 Å². The van der Waals surface area contributed by atoms with Crippen molar-refractivity contribution in [2.45, 2.75) is 52.4 Å². The summed E-state index contributed by atoms with van der Waals surface area (Å²) in [5.74, 6) is 0. The fourth-order valence-corrected chi connectivity index (χ4v) is 3.35. The SMILES string of the molecule is CCCCCCc1ccc(-c2cc(CC)sc2N)cc1. The van der Waals surface area contributed by atoms with Gasteiger partial charge in [-0.2, -0.15) is 0 Å². The van der Waals surface area contributed by atoms with Crippen molar-refractivity contribution in [2.75, 3.05) is 5.73 Å². The van der Waals surface area contributed by atoms with Crippen LogP contribution in [0.25, 0.3) is 11.1 Å². The number of thiophene rings is 1. The van der Waals surface area contributed by atoms with Gasteiger partial charge in [0.25, 0.3) is 0 Å². The van der Waals surface area contributed by atoms with Crippen LogP contribution in [0, 0.1) is 0 Å². The molecule has 2 aromatic rings. The minimum Gasteiger partial charge on any atom is -0.390 e. The highest BCUT2D eigenvalue weighted by molar-refractivity contribution is 7.16.